The summed E-state index contributed by atoms with van der Waals surface area (Å²) in [4.78, 5) is 25.4. The summed E-state index contributed by atoms with van der Waals surface area (Å²) in [5.74, 6) is 0.333. The molecule has 0 aromatic heterocycles. The molecule has 1 heterocycles. The molecule has 6 nitrogen and oxygen atoms in total. The molecule has 0 fully saturated rings. The van der Waals surface area contributed by atoms with E-state index in [1.54, 1.807) is 11.8 Å². The molecule has 2 amide bonds. The van der Waals surface area contributed by atoms with E-state index >= 15 is 0 Å². The predicted molar refractivity (Wildman–Crippen MR) is 103 cm³/mol. The third-order valence-corrected chi connectivity index (χ3v) is 4.84. The number of anilines is 2. The van der Waals surface area contributed by atoms with Crippen LogP contribution < -0.4 is 21.1 Å². The van der Waals surface area contributed by atoms with E-state index in [1.807, 2.05) is 49.4 Å². The molecule has 0 aliphatic carbocycles. The van der Waals surface area contributed by atoms with Crippen LogP contribution in [0.1, 0.15) is 19.8 Å². The molecule has 3 rings (SSSR count). The monoisotopic (exact) mass is 371 g/mol. The second-order valence-corrected chi connectivity index (χ2v) is 7.16. The lowest BCUT2D eigenvalue weighted by Gasteiger charge is -2.18. The molecule has 7 heteroatoms. The molecule has 2 aromatic carbocycles. The van der Waals surface area contributed by atoms with Gasteiger partial charge in [0.1, 0.15) is 5.75 Å². The van der Waals surface area contributed by atoms with Crippen molar-refractivity contribution in [2.75, 3.05) is 17.2 Å². The molecule has 2 aromatic rings. The topological polar surface area (TPSA) is 93.5 Å². The number of fused-ring (bicyclic) bond motifs is 1. The van der Waals surface area contributed by atoms with Crippen molar-refractivity contribution >= 4 is 35.0 Å². The summed E-state index contributed by atoms with van der Waals surface area (Å²) < 4.78 is 5.44. The summed E-state index contributed by atoms with van der Waals surface area (Å²) in [7, 11) is 0. The summed E-state index contributed by atoms with van der Waals surface area (Å²) >= 11 is 1.55. The number of nitrogens with one attached hydrogen (secondary N) is 2. The third kappa shape index (κ3) is 4.56. The normalized spacial score (nSPS) is 14.0. The van der Waals surface area contributed by atoms with Crippen molar-refractivity contribution in [1.29, 1.82) is 0 Å². The number of ether oxygens (including phenoxy) is 1. The Morgan fingerprint density at radius 3 is 2.92 bits per heavy atom. The Bertz CT molecular complexity index is 825. The highest BCUT2D eigenvalue weighted by Crippen LogP contribution is 2.36. The van der Waals surface area contributed by atoms with Gasteiger partial charge in [0.2, 0.25) is 5.91 Å². The van der Waals surface area contributed by atoms with Crippen molar-refractivity contribution < 1.29 is 14.3 Å². The van der Waals surface area contributed by atoms with E-state index in [4.69, 9.17) is 10.5 Å². The second-order valence-electron chi connectivity index (χ2n) is 6.01. The standard InChI is InChI=1S/C19H21N3O3S/c1-2-4-15(20)19(24)21-12-5-3-6-13(9-12)26-14-7-8-16-17(10-14)25-11-18(23)22-16/h3,5-10,15H,2,4,11,20H2,1H3,(H,21,24)(H,22,23). The van der Waals surface area contributed by atoms with Crippen LogP contribution in [0.3, 0.4) is 0 Å². The number of hydrogen-bond acceptors (Lipinski definition) is 5. The zero-order chi connectivity index (χ0) is 18.5. The predicted octanol–water partition coefficient (Wildman–Crippen LogP) is 3.23. The Balaban J connectivity index is 1.69. The fourth-order valence-corrected chi connectivity index (χ4v) is 3.48. The van der Waals surface area contributed by atoms with Gasteiger partial charge in [0.05, 0.1) is 11.7 Å². The first-order chi connectivity index (χ1) is 12.5. The summed E-state index contributed by atoms with van der Waals surface area (Å²) in [5.41, 5.74) is 7.24. The summed E-state index contributed by atoms with van der Waals surface area (Å²) in [6.07, 6.45) is 1.53. The molecule has 0 saturated carbocycles. The third-order valence-electron chi connectivity index (χ3n) is 3.86. The minimum absolute atomic E-state index is 0.0284. The van der Waals surface area contributed by atoms with Crippen LogP contribution >= 0.6 is 11.8 Å². The number of carbonyl (C=O) groups excluding carboxylic acids is 2. The number of benzene rings is 2. The Kier molecular flexibility index (Phi) is 5.80. The van der Waals surface area contributed by atoms with Crippen molar-refractivity contribution in [1.82, 2.24) is 0 Å². The molecule has 0 saturated heterocycles. The highest BCUT2D eigenvalue weighted by molar-refractivity contribution is 7.99. The largest absolute Gasteiger partial charge is 0.482 e. The van der Waals surface area contributed by atoms with Crippen molar-refractivity contribution in [2.45, 2.75) is 35.6 Å². The number of rotatable bonds is 6. The van der Waals surface area contributed by atoms with E-state index in [0.717, 1.165) is 16.2 Å². The van der Waals surface area contributed by atoms with Gasteiger partial charge < -0.3 is 21.1 Å². The van der Waals surface area contributed by atoms with E-state index in [0.29, 0.717) is 23.5 Å². The lowest BCUT2D eigenvalue weighted by Crippen LogP contribution is -2.35. The van der Waals surface area contributed by atoms with Gasteiger partial charge in [-0.15, -0.1) is 0 Å². The minimum Gasteiger partial charge on any atom is -0.482 e. The SMILES string of the molecule is CCCC(N)C(=O)Nc1cccc(Sc2ccc3c(c2)OCC(=O)N3)c1. The zero-order valence-electron chi connectivity index (χ0n) is 14.5. The molecule has 26 heavy (non-hydrogen) atoms. The average molecular weight is 371 g/mol. The maximum Gasteiger partial charge on any atom is 0.262 e. The number of amides is 2. The Morgan fingerprint density at radius 2 is 2.12 bits per heavy atom. The molecule has 1 atom stereocenters. The highest BCUT2D eigenvalue weighted by atomic mass is 32.2. The lowest BCUT2D eigenvalue weighted by molar-refractivity contribution is -0.119. The van der Waals surface area contributed by atoms with Gasteiger partial charge in [-0.1, -0.05) is 31.2 Å². The van der Waals surface area contributed by atoms with Crippen LogP contribution in [0.25, 0.3) is 0 Å². The lowest BCUT2D eigenvalue weighted by atomic mass is 10.1. The van der Waals surface area contributed by atoms with Crippen LogP contribution in [0, 0.1) is 0 Å². The quantitative estimate of drug-likeness (QED) is 0.725. The first kappa shape index (κ1) is 18.3. The number of carbonyl (C=O) groups is 2. The minimum atomic E-state index is -0.496. The van der Waals surface area contributed by atoms with Crippen LogP contribution in [0.4, 0.5) is 11.4 Å². The van der Waals surface area contributed by atoms with Crippen molar-refractivity contribution in [3.05, 3.63) is 42.5 Å². The highest BCUT2D eigenvalue weighted by Gasteiger charge is 2.16. The van der Waals surface area contributed by atoms with Crippen molar-refractivity contribution in [2.24, 2.45) is 5.73 Å². The fourth-order valence-electron chi connectivity index (χ4n) is 2.57. The summed E-state index contributed by atoms with van der Waals surface area (Å²) in [6, 6.07) is 12.7. The van der Waals surface area contributed by atoms with Gasteiger partial charge in [0, 0.05) is 15.5 Å². The summed E-state index contributed by atoms with van der Waals surface area (Å²) in [6.45, 7) is 2.03. The second kappa shape index (κ2) is 8.25. The molecule has 1 aliphatic heterocycles. The molecular formula is C19H21N3O3S. The Labute approximate surface area is 156 Å². The van der Waals surface area contributed by atoms with Gasteiger partial charge in [-0.3, -0.25) is 9.59 Å². The molecular weight excluding hydrogens is 350 g/mol. The van der Waals surface area contributed by atoms with E-state index in [1.165, 1.54) is 0 Å². The van der Waals surface area contributed by atoms with Gasteiger partial charge >= 0.3 is 0 Å². The van der Waals surface area contributed by atoms with Gasteiger partial charge in [0.25, 0.3) is 5.91 Å². The summed E-state index contributed by atoms with van der Waals surface area (Å²) in [5, 5.41) is 5.63. The van der Waals surface area contributed by atoms with Crippen molar-refractivity contribution in [3.63, 3.8) is 0 Å². The maximum absolute atomic E-state index is 12.1. The molecule has 136 valence electrons. The van der Waals surface area contributed by atoms with Crippen LogP contribution in [-0.2, 0) is 9.59 Å². The van der Waals surface area contributed by atoms with Gasteiger partial charge in [-0.2, -0.15) is 0 Å². The smallest absolute Gasteiger partial charge is 0.262 e. The van der Waals surface area contributed by atoms with E-state index in [2.05, 4.69) is 10.6 Å². The molecule has 0 bridgehead atoms. The van der Waals surface area contributed by atoms with Gasteiger partial charge in [0.15, 0.2) is 6.61 Å². The molecule has 0 radical (unpaired) electrons. The van der Waals surface area contributed by atoms with E-state index in [-0.39, 0.29) is 18.4 Å². The number of nitrogens with two attached hydrogens (primary N) is 1. The fraction of sp³-hybridized carbons (Fsp3) is 0.263. The Hall–Kier alpha value is -2.51. The van der Waals surface area contributed by atoms with Crippen LogP contribution in [0.5, 0.6) is 5.75 Å². The molecule has 4 N–H and O–H groups in total. The van der Waals surface area contributed by atoms with Crippen LogP contribution in [0.2, 0.25) is 0 Å². The van der Waals surface area contributed by atoms with Gasteiger partial charge in [-0.25, -0.2) is 0 Å². The van der Waals surface area contributed by atoms with Crippen LogP contribution in [-0.4, -0.2) is 24.5 Å². The number of hydrogen-bond donors (Lipinski definition) is 3. The zero-order valence-corrected chi connectivity index (χ0v) is 15.3. The van der Waals surface area contributed by atoms with Crippen molar-refractivity contribution in [3.8, 4) is 5.75 Å². The Morgan fingerprint density at radius 1 is 1.31 bits per heavy atom. The molecule has 1 aliphatic rings. The average Bonchev–Trinajstić information content (AvgIpc) is 2.62. The molecule has 1 unspecified atom stereocenters. The van der Waals surface area contributed by atoms with Crippen LogP contribution in [0.15, 0.2) is 52.3 Å². The molecule has 0 spiro atoms. The van der Waals surface area contributed by atoms with Gasteiger partial charge in [-0.05, 0) is 42.8 Å². The van der Waals surface area contributed by atoms with E-state index < -0.39 is 6.04 Å². The van der Waals surface area contributed by atoms with E-state index in [9.17, 15) is 9.59 Å². The maximum atomic E-state index is 12.1. The first-order valence-corrected chi connectivity index (χ1v) is 9.28. The first-order valence-electron chi connectivity index (χ1n) is 8.46.